The van der Waals surface area contributed by atoms with E-state index in [4.69, 9.17) is 9.84 Å². The lowest BCUT2D eigenvalue weighted by molar-refractivity contribution is -0.143. The summed E-state index contributed by atoms with van der Waals surface area (Å²) in [5.74, 6) is -9.27. The molecule has 0 aliphatic heterocycles. The quantitative estimate of drug-likeness (QED) is 0.358. The highest BCUT2D eigenvalue weighted by atomic mass is 19.3. The molecule has 0 fully saturated rings. The van der Waals surface area contributed by atoms with E-state index in [9.17, 15) is 31.9 Å². The number of carbonyl (C=O) groups excluding carboxylic acids is 3. The lowest BCUT2D eigenvalue weighted by atomic mass is 10.1. The van der Waals surface area contributed by atoms with Gasteiger partial charge in [-0.1, -0.05) is 60.7 Å². The monoisotopic (exact) mass is 572 g/mol. The zero-order chi connectivity index (χ0) is 31.0. The number of rotatable bonds is 10. The number of amides is 1. The van der Waals surface area contributed by atoms with Crippen molar-refractivity contribution in [1.82, 2.24) is 10.2 Å². The van der Waals surface area contributed by atoms with E-state index in [1.807, 2.05) is 66.0 Å². The van der Waals surface area contributed by atoms with Gasteiger partial charge in [-0.25, -0.2) is 4.79 Å². The summed E-state index contributed by atoms with van der Waals surface area (Å²) in [6.07, 6.45) is -0.969. The first-order valence-corrected chi connectivity index (χ1v) is 12.6. The average molecular weight is 573 g/mol. The number of halogens is 4. The smallest absolute Gasteiger partial charge is 0.407 e. The molecule has 0 aliphatic carbocycles. The molecule has 2 aromatic carbocycles. The molecule has 2 N–H and O–H groups in total. The standard InChI is InChI=1S/C18H19F2NO.C9H15F2NO3.C2H6O/c1-15(22)18(19,20)14-21(12-16-8-4-2-5-9-16)13-17-10-6-3-7-11-17;1-6(13)9(10,11)5-12-7(14)15-8(2,3)4;1-2-3/h2-11H,12-14H2,1H3;5H2,1-4H3,(H,12,14);3H,2H2,1H3. The van der Waals surface area contributed by atoms with Crippen molar-refractivity contribution in [1.29, 1.82) is 0 Å². The number of hydrogen-bond donors (Lipinski definition) is 2. The first-order valence-electron chi connectivity index (χ1n) is 12.6. The topological polar surface area (TPSA) is 95.9 Å². The van der Waals surface area contributed by atoms with Gasteiger partial charge in [-0.3, -0.25) is 14.5 Å². The summed E-state index contributed by atoms with van der Waals surface area (Å²) in [6, 6.07) is 18.8. The Morgan fingerprint density at radius 2 is 1.18 bits per heavy atom. The normalized spacial score (nSPS) is 11.4. The Balaban J connectivity index is 0.000000738. The number of alkyl carbamates (subject to hydrolysis) is 1. The number of Topliss-reactive ketones (excluding diaryl/α,β-unsaturated/α-hetero) is 2. The third-order valence-corrected chi connectivity index (χ3v) is 4.80. The number of benzene rings is 2. The number of alkyl halides is 4. The molecule has 224 valence electrons. The van der Waals surface area contributed by atoms with Crippen LogP contribution in [0.3, 0.4) is 0 Å². The van der Waals surface area contributed by atoms with Gasteiger partial charge in [0.2, 0.25) is 5.78 Å². The summed E-state index contributed by atoms with van der Waals surface area (Å²) in [6.45, 7) is 7.57. The molecule has 0 aromatic heterocycles. The van der Waals surface area contributed by atoms with Gasteiger partial charge in [0, 0.05) is 33.5 Å². The molecule has 0 saturated carbocycles. The number of hydrogen-bond acceptors (Lipinski definition) is 6. The minimum Gasteiger partial charge on any atom is -0.444 e. The van der Waals surface area contributed by atoms with Crippen LogP contribution in [0.2, 0.25) is 0 Å². The number of ketones is 2. The van der Waals surface area contributed by atoms with Gasteiger partial charge >= 0.3 is 17.9 Å². The van der Waals surface area contributed by atoms with Crippen LogP contribution >= 0.6 is 0 Å². The number of aliphatic hydroxyl groups is 1. The Labute approximate surface area is 233 Å². The van der Waals surface area contributed by atoms with Crippen molar-refractivity contribution in [2.24, 2.45) is 0 Å². The number of ether oxygens (including phenoxy) is 1. The van der Waals surface area contributed by atoms with Gasteiger partial charge in [0.05, 0.1) is 13.1 Å². The SMILES string of the molecule is CC(=O)C(F)(F)CN(Cc1ccccc1)Cc1ccccc1.CC(=O)C(F)(F)CNC(=O)OC(C)(C)C.CCO. The Hall–Kier alpha value is -3.31. The van der Waals surface area contributed by atoms with E-state index in [2.05, 4.69) is 0 Å². The fourth-order valence-electron chi connectivity index (χ4n) is 2.86. The number of nitrogens with one attached hydrogen (secondary N) is 1. The molecule has 40 heavy (non-hydrogen) atoms. The van der Waals surface area contributed by atoms with Gasteiger partial charge in [0.1, 0.15) is 5.60 Å². The van der Waals surface area contributed by atoms with Crippen molar-refractivity contribution in [3.05, 3.63) is 71.8 Å². The van der Waals surface area contributed by atoms with Crippen LogP contribution in [0.4, 0.5) is 22.4 Å². The lowest BCUT2D eigenvalue weighted by Crippen LogP contribution is -2.43. The summed E-state index contributed by atoms with van der Waals surface area (Å²) in [5.41, 5.74) is 1.13. The molecule has 0 bridgehead atoms. The van der Waals surface area contributed by atoms with Crippen molar-refractivity contribution >= 4 is 17.7 Å². The predicted octanol–water partition coefficient (Wildman–Crippen LogP) is 5.65. The minimum absolute atomic E-state index is 0.250. The van der Waals surface area contributed by atoms with E-state index in [1.54, 1.807) is 32.6 Å². The molecule has 11 heteroatoms. The van der Waals surface area contributed by atoms with Crippen LogP contribution < -0.4 is 5.32 Å². The largest absolute Gasteiger partial charge is 0.444 e. The van der Waals surface area contributed by atoms with Gasteiger partial charge in [-0.15, -0.1) is 0 Å². The fraction of sp³-hybridized carbons (Fsp3) is 0.483. The van der Waals surface area contributed by atoms with Gasteiger partial charge in [0.25, 0.3) is 0 Å². The molecule has 7 nitrogen and oxygen atoms in total. The zero-order valence-electron chi connectivity index (χ0n) is 23.8. The lowest BCUT2D eigenvalue weighted by Gasteiger charge is -2.26. The second kappa shape index (κ2) is 17.4. The molecule has 1 amide bonds. The molecule has 2 aromatic rings. The van der Waals surface area contributed by atoms with E-state index in [0.717, 1.165) is 25.0 Å². The molecular weight excluding hydrogens is 532 g/mol. The molecule has 0 aliphatic rings. The zero-order valence-corrected chi connectivity index (χ0v) is 23.8. The Bertz CT molecular complexity index is 988. The van der Waals surface area contributed by atoms with E-state index in [-0.39, 0.29) is 6.61 Å². The highest BCUT2D eigenvalue weighted by Gasteiger charge is 2.37. The van der Waals surface area contributed by atoms with Gasteiger partial charge < -0.3 is 15.2 Å². The second-order valence-electron chi connectivity index (χ2n) is 9.81. The summed E-state index contributed by atoms with van der Waals surface area (Å²) >= 11 is 0. The molecular formula is C29H40F4N2O5. The van der Waals surface area contributed by atoms with Crippen molar-refractivity contribution < 1.29 is 41.8 Å². The fourth-order valence-corrected chi connectivity index (χ4v) is 2.86. The molecule has 0 spiro atoms. The minimum atomic E-state index is -3.54. The summed E-state index contributed by atoms with van der Waals surface area (Å²) in [7, 11) is 0. The maximum absolute atomic E-state index is 13.8. The highest BCUT2D eigenvalue weighted by molar-refractivity contribution is 5.84. The first-order chi connectivity index (χ1) is 18.4. The van der Waals surface area contributed by atoms with Crippen LogP contribution in [0, 0.1) is 0 Å². The van der Waals surface area contributed by atoms with E-state index in [0.29, 0.717) is 13.1 Å². The maximum Gasteiger partial charge on any atom is 0.407 e. The van der Waals surface area contributed by atoms with Crippen molar-refractivity contribution in [2.45, 2.75) is 72.1 Å². The molecule has 0 unspecified atom stereocenters. The van der Waals surface area contributed by atoms with Gasteiger partial charge in [-0.2, -0.15) is 17.6 Å². The van der Waals surface area contributed by atoms with Crippen LogP contribution in [0.25, 0.3) is 0 Å². The molecule has 0 heterocycles. The van der Waals surface area contributed by atoms with Crippen LogP contribution in [-0.2, 0) is 27.4 Å². The first kappa shape index (κ1) is 36.7. The number of nitrogens with zero attached hydrogens (tertiary/aromatic N) is 1. The second-order valence-corrected chi connectivity index (χ2v) is 9.81. The molecule has 0 radical (unpaired) electrons. The van der Waals surface area contributed by atoms with Crippen LogP contribution in [0.5, 0.6) is 0 Å². The predicted molar refractivity (Wildman–Crippen MR) is 145 cm³/mol. The number of carbonyl (C=O) groups is 3. The van der Waals surface area contributed by atoms with Crippen LogP contribution in [0.15, 0.2) is 60.7 Å². The van der Waals surface area contributed by atoms with Crippen LogP contribution in [-0.4, -0.2) is 64.8 Å². The van der Waals surface area contributed by atoms with E-state index < -0.39 is 48.2 Å². The number of aliphatic hydroxyl groups excluding tert-OH is 1. The Morgan fingerprint density at radius 1 is 0.800 bits per heavy atom. The Kier molecular flexibility index (Phi) is 16.0. The average Bonchev–Trinajstić information content (AvgIpc) is 2.83. The van der Waals surface area contributed by atoms with Crippen molar-refractivity contribution in [3.8, 4) is 0 Å². The maximum atomic E-state index is 13.8. The third-order valence-electron chi connectivity index (χ3n) is 4.80. The van der Waals surface area contributed by atoms with E-state index in [1.165, 1.54) is 0 Å². The van der Waals surface area contributed by atoms with Crippen molar-refractivity contribution in [2.75, 3.05) is 19.7 Å². The van der Waals surface area contributed by atoms with E-state index >= 15 is 0 Å². The third kappa shape index (κ3) is 16.6. The molecule has 2 rings (SSSR count). The summed E-state index contributed by atoms with van der Waals surface area (Å²) in [4.78, 5) is 34.1. The van der Waals surface area contributed by atoms with Crippen molar-refractivity contribution in [3.63, 3.8) is 0 Å². The molecule has 0 saturated heterocycles. The van der Waals surface area contributed by atoms with Crippen LogP contribution in [0.1, 0.15) is 52.7 Å². The summed E-state index contributed by atoms with van der Waals surface area (Å²) in [5, 5.41) is 9.40. The summed E-state index contributed by atoms with van der Waals surface area (Å²) < 4.78 is 57.8. The van der Waals surface area contributed by atoms with Gasteiger partial charge in [0.15, 0.2) is 5.78 Å². The molecule has 0 atom stereocenters. The highest BCUT2D eigenvalue weighted by Crippen LogP contribution is 2.20. The Morgan fingerprint density at radius 3 is 1.50 bits per heavy atom. The van der Waals surface area contributed by atoms with Gasteiger partial charge in [-0.05, 0) is 38.8 Å².